The van der Waals surface area contributed by atoms with E-state index in [4.69, 9.17) is 5.73 Å². The van der Waals surface area contributed by atoms with Gasteiger partial charge in [-0.05, 0) is 38.1 Å². The lowest BCUT2D eigenvalue weighted by Crippen LogP contribution is -2.39. The van der Waals surface area contributed by atoms with E-state index in [0.717, 1.165) is 0 Å². The summed E-state index contributed by atoms with van der Waals surface area (Å²) in [5.74, 6) is -0.348. The van der Waals surface area contributed by atoms with E-state index in [1.165, 1.54) is 0 Å². The molecule has 0 saturated carbocycles. The van der Waals surface area contributed by atoms with Crippen molar-refractivity contribution in [2.24, 2.45) is 0 Å². The van der Waals surface area contributed by atoms with Gasteiger partial charge in [0.15, 0.2) is 0 Å². The van der Waals surface area contributed by atoms with Crippen LogP contribution in [0.15, 0.2) is 24.3 Å². The predicted octanol–water partition coefficient (Wildman–Crippen LogP) is 0.867. The monoisotopic (exact) mass is 249 g/mol. The summed E-state index contributed by atoms with van der Waals surface area (Å²) in [6, 6.07) is 6.57. The van der Waals surface area contributed by atoms with Crippen LogP contribution in [-0.2, 0) is 4.79 Å². The number of carbonyl (C=O) groups is 2. The number of carbonyl (C=O) groups excluding carboxylic acids is 2. The Labute approximate surface area is 107 Å². The molecule has 1 aromatic rings. The van der Waals surface area contributed by atoms with Gasteiger partial charge in [0.1, 0.15) is 0 Å². The van der Waals surface area contributed by atoms with Crippen LogP contribution in [0, 0.1) is 0 Å². The minimum Gasteiger partial charge on any atom is -0.399 e. The third-order valence-electron chi connectivity index (χ3n) is 2.69. The molecule has 0 aliphatic heterocycles. The van der Waals surface area contributed by atoms with Crippen molar-refractivity contribution in [1.82, 2.24) is 10.2 Å². The van der Waals surface area contributed by atoms with Crippen LogP contribution in [0.4, 0.5) is 5.69 Å². The Balaban J connectivity index is 2.51. The van der Waals surface area contributed by atoms with Crippen LogP contribution in [0.2, 0.25) is 0 Å². The summed E-state index contributed by atoms with van der Waals surface area (Å²) in [7, 11) is 0. The summed E-state index contributed by atoms with van der Waals surface area (Å²) in [6.45, 7) is 5.12. The highest BCUT2D eigenvalue weighted by molar-refractivity contribution is 5.96. The third kappa shape index (κ3) is 3.76. The average molecular weight is 249 g/mol. The third-order valence-corrected chi connectivity index (χ3v) is 2.69. The summed E-state index contributed by atoms with van der Waals surface area (Å²) in [5, 5.41) is 2.60. The Kier molecular flexibility index (Phi) is 5.17. The van der Waals surface area contributed by atoms with E-state index in [2.05, 4.69) is 5.32 Å². The number of likely N-dealkylation sites (N-methyl/N-ethyl adjacent to an activating group) is 1. The van der Waals surface area contributed by atoms with Gasteiger partial charge in [-0.2, -0.15) is 0 Å². The lowest BCUT2D eigenvalue weighted by molar-refractivity contribution is -0.129. The van der Waals surface area contributed by atoms with Crippen LogP contribution in [0.5, 0.6) is 0 Å². The van der Waals surface area contributed by atoms with Gasteiger partial charge < -0.3 is 16.0 Å². The molecule has 3 N–H and O–H groups in total. The van der Waals surface area contributed by atoms with Crippen molar-refractivity contribution in [2.75, 3.05) is 25.4 Å². The molecule has 0 heterocycles. The second kappa shape index (κ2) is 6.64. The molecule has 5 heteroatoms. The standard InChI is InChI=1S/C13H19N3O2/c1-3-16(4-2)12(17)9-15-13(18)10-5-7-11(14)8-6-10/h5-8H,3-4,9,14H2,1-2H3,(H,15,18). The van der Waals surface area contributed by atoms with Crippen molar-refractivity contribution in [3.63, 3.8) is 0 Å². The van der Waals surface area contributed by atoms with Crippen LogP contribution in [0.3, 0.4) is 0 Å². The van der Waals surface area contributed by atoms with Gasteiger partial charge >= 0.3 is 0 Å². The van der Waals surface area contributed by atoms with Crippen molar-refractivity contribution in [1.29, 1.82) is 0 Å². The molecular weight excluding hydrogens is 230 g/mol. The van der Waals surface area contributed by atoms with Crippen LogP contribution in [0.1, 0.15) is 24.2 Å². The fourth-order valence-corrected chi connectivity index (χ4v) is 1.58. The van der Waals surface area contributed by atoms with E-state index < -0.39 is 0 Å². The number of hydrogen-bond acceptors (Lipinski definition) is 3. The van der Waals surface area contributed by atoms with Crippen molar-refractivity contribution >= 4 is 17.5 Å². The first kappa shape index (κ1) is 14.0. The van der Waals surface area contributed by atoms with E-state index in [1.807, 2.05) is 13.8 Å². The molecule has 0 fully saturated rings. The first-order valence-electron chi connectivity index (χ1n) is 6.00. The molecule has 0 aliphatic carbocycles. The van der Waals surface area contributed by atoms with Crippen LogP contribution in [-0.4, -0.2) is 36.3 Å². The maximum absolute atomic E-state index is 11.7. The zero-order valence-corrected chi connectivity index (χ0v) is 10.8. The van der Waals surface area contributed by atoms with Gasteiger partial charge in [-0.15, -0.1) is 0 Å². The normalized spacial score (nSPS) is 9.89. The number of nitrogens with zero attached hydrogens (tertiary/aromatic N) is 1. The number of benzene rings is 1. The molecule has 0 saturated heterocycles. The smallest absolute Gasteiger partial charge is 0.251 e. The number of nitrogens with two attached hydrogens (primary N) is 1. The molecule has 0 spiro atoms. The molecule has 18 heavy (non-hydrogen) atoms. The van der Waals surface area contributed by atoms with E-state index in [0.29, 0.717) is 24.3 Å². The van der Waals surface area contributed by atoms with Crippen LogP contribution >= 0.6 is 0 Å². The maximum atomic E-state index is 11.7. The second-order valence-electron chi connectivity index (χ2n) is 3.87. The zero-order valence-electron chi connectivity index (χ0n) is 10.8. The summed E-state index contributed by atoms with van der Waals surface area (Å²) < 4.78 is 0. The van der Waals surface area contributed by atoms with Gasteiger partial charge in [0, 0.05) is 24.3 Å². The summed E-state index contributed by atoms with van der Waals surface area (Å²) in [4.78, 5) is 25.1. The number of anilines is 1. The second-order valence-corrected chi connectivity index (χ2v) is 3.87. The molecule has 0 aromatic heterocycles. The molecule has 0 unspecified atom stereocenters. The number of nitrogen functional groups attached to an aromatic ring is 1. The van der Waals surface area contributed by atoms with E-state index in [9.17, 15) is 9.59 Å². The first-order chi connectivity index (χ1) is 8.58. The molecule has 2 amide bonds. The quantitative estimate of drug-likeness (QED) is 0.760. The Bertz CT molecular complexity index is 411. The van der Waals surface area contributed by atoms with Crippen molar-refractivity contribution < 1.29 is 9.59 Å². The Hall–Kier alpha value is -2.04. The fourth-order valence-electron chi connectivity index (χ4n) is 1.58. The van der Waals surface area contributed by atoms with Crippen LogP contribution in [0.25, 0.3) is 0 Å². The molecule has 1 rings (SSSR count). The van der Waals surface area contributed by atoms with Crippen LogP contribution < -0.4 is 11.1 Å². The lowest BCUT2D eigenvalue weighted by atomic mass is 10.2. The Morgan fingerprint density at radius 3 is 2.22 bits per heavy atom. The highest BCUT2D eigenvalue weighted by atomic mass is 16.2. The largest absolute Gasteiger partial charge is 0.399 e. The molecular formula is C13H19N3O2. The summed E-state index contributed by atoms with van der Waals surface area (Å²) in [6.07, 6.45) is 0. The highest BCUT2D eigenvalue weighted by Gasteiger charge is 2.11. The molecule has 0 bridgehead atoms. The SMILES string of the molecule is CCN(CC)C(=O)CNC(=O)c1ccc(N)cc1. The van der Waals surface area contributed by atoms with Gasteiger partial charge in [0.2, 0.25) is 5.91 Å². The Morgan fingerprint density at radius 1 is 1.17 bits per heavy atom. The van der Waals surface area contributed by atoms with Crippen molar-refractivity contribution in [2.45, 2.75) is 13.8 Å². The predicted molar refractivity (Wildman–Crippen MR) is 71.1 cm³/mol. The fraction of sp³-hybridized carbons (Fsp3) is 0.385. The zero-order chi connectivity index (χ0) is 13.5. The maximum Gasteiger partial charge on any atom is 0.251 e. The van der Waals surface area contributed by atoms with E-state index in [1.54, 1.807) is 29.2 Å². The molecule has 5 nitrogen and oxygen atoms in total. The van der Waals surface area contributed by atoms with Crippen molar-refractivity contribution in [3.8, 4) is 0 Å². The number of amides is 2. The first-order valence-corrected chi connectivity index (χ1v) is 6.00. The number of nitrogens with one attached hydrogen (secondary N) is 1. The summed E-state index contributed by atoms with van der Waals surface area (Å²) in [5.41, 5.74) is 6.63. The van der Waals surface area contributed by atoms with Gasteiger partial charge in [-0.1, -0.05) is 0 Å². The number of rotatable bonds is 5. The van der Waals surface area contributed by atoms with Crippen molar-refractivity contribution in [3.05, 3.63) is 29.8 Å². The highest BCUT2D eigenvalue weighted by Crippen LogP contribution is 2.04. The molecule has 0 aliphatic rings. The summed E-state index contributed by atoms with van der Waals surface area (Å²) >= 11 is 0. The van der Waals surface area contributed by atoms with E-state index in [-0.39, 0.29) is 18.4 Å². The minimum atomic E-state index is -0.268. The lowest BCUT2D eigenvalue weighted by Gasteiger charge is -2.18. The topological polar surface area (TPSA) is 75.4 Å². The van der Waals surface area contributed by atoms with Gasteiger partial charge in [-0.3, -0.25) is 9.59 Å². The number of hydrogen-bond donors (Lipinski definition) is 2. The molecule has 0 radical (unpaired) electrons. The Morgan fingerprint density at radius 2 is 1.72 bits per heavy atom. The van der Waals surface area contributed by atoms with Gasteiger partial charge in [0.05, 0.1) is 6.54 Å². The molecule has 98 valence electrons. The van der Waals surface area contributed by atoms with E-state index >= 15 is 0 Å². The van der Waals surface area contributed by atoms with Gasteiger partial charge in [0.25, 0.3) is 5.91 Å². The van der Waals surface area contributed by atoms with Gasteiger partial charge in [-0.25, -0.2) is 0 Å². The average Bonchev–Trinajstić information content (AvgIpc) is 2.38. The molecule has 1 aromatic carbocycles. The molecule has 0 atom stereocenters. The minimum absolute atomic E-state index is 0.0187.